The maximum Gasteiger partial charge on any atom is 0.379 e. The number of carbonyl (C=O) groups excluding carboxylic acids is 1. The average molecular weight is 238 g/mol. The Bertz CT molecular complexity index is 418. The Morgan fingerprint density at radius 3 is 2.41 bits per heavy atom. The van der Waals surface area contributed by atoms with Crippen molar-refractivity contribution < 1.29 is 19.6 Å². The van der Waals surface area contributed by atoms with Crippen LogP contribution in [-0.4, -0.2) is 27.9 Å². The molecule has 0 aliphatic carbocycles. The normalized spacial score (nSPS) is 11.5. The second-order valence-corrected chi connectivity index (χ2v) is 3.26. The Balaban J connectivity index is 2.60. The van der Waals surface area contributed by atoms with Crippen LogP contribution in [0.5, 0.6) is 0 Å². The molecule has 1 atom stereocenters. The lowest BCUT2D eigenvalue weighted by Gasteiger charge is -2.06. The zero-order valence-corrected chi connectivity index (χ0v) is 8.70. The van der Waals surface area contributed by atoms with E-state index in [9.17, 15) is 19.7 Å². The molecule has 0 spiro atoms. The summed E-state index contributed by atoms with van der Waals surface area (Å²) in [6.07, 6.45) is -0.697. The van der Waals surface area contributed by atoms with Crippen molar-refractivity contribution in [2.45, 2.75) is 12.5 Å². The van der Waals surface area contributed by atoms with Crippen LogP contribution in [0.25, 0.3) is 0 Å². The van der Waals surface area contributed by atoms with Gasteiger partial charge >= 0.3 is 12.0 Å². The van der Waals surface area contributed by atoms with Gasteiger partial charge in [-0.1, -0.05) is 18.2 Å². The molecule has 0 saturated heterocycles. The van der Waals surface area contributed by atoms with E-state index in [0.29, 0.717) is 5.69 Å². The van der Waals surface area contributed by atoms with Crippen molar-refractivity contribution in [2.24, 2.45) is 0 Å². The Labute approximate surface area is 96.2 Å². The summed E-state index contributed by atoms with van der Waals surface area (Å²) in [6, 6.07) is 6.38. The molecule has 0 heterocycles. The van der Waals surface area contributed by atoms with Crippen LogP contribution in [0.2, 0.25) is 0 Å². The van der Waals surface area contributed by atoms with E-state index in [2.05, 4.69) is 5.32 Å². The van der Waals surface area contributed by atoms with Crippen LogP contribution in [0, 0.1) is 10.1 Å². The molecule has 90 valence electrons. The zero-order valence-electron chi connectivity index (χ0n) is 8.70. The number of nitrogens with zero attached hydrogens (tertiary/aromatic N) is 1. The number of carbonyl (C=O) groups is 2. The van der Waals surface area contributed by atoms with Crippen molar-refractivity contribution in [1.82, 2.24) is 0 Å². The van der Waals surface area contributed by atoms with Crippen molar-refractivity contribution in [3.63, 3.8) is 0 Å². The van der Waals surface area contributed by atoms with Crippen molar-refractivity contribution in [3.05, 3.63) is 40.4 Å². The molecule has 0 aromatic heterocycles. The number of rotatable bonds is 5. The molecule has 1 unspecified atom stereocenters. The Morgan fingerprint density at radius 1 is 1.35 bits per heavy atom. The molecule has 0 radical (unpaired) electrons. The van der Waals surface area contributed by atoms with E-state index in [0.717, 1.165) is 0 Å². The first-order valence-corrected chi connectivity index (χ1v) is 4.72. The summed E-state index contributed by atoms with van der Waals surface area (Å²) >= 11 is 0. The van der Waals surface area contributed by atoms with Gasteiger partial charge in [-0.05, 0) is 12.1 Å². The molecule has 1 aromatic rings. The molecule has 0 bridgehead atoms. The third-order valence-electron chi connectivity index (χ3n) is 1.98. The van der Waals surface area contributed by atoms with E-state index in [1.807, 2.05) is 0 Å². The highest BCUT2D eigenvalue weighted by Gasteiger charge is 2.32. The number of carboxylic acids is 1. The first-order chi connectivity index (χ1) is 8.00. The van der Waals surface area contributed by atoms with Gasteiger partial charge in [0.1, 0.15) is 6.42 Å². The van der Waals surface area contributed by atoms with Crippen LogP contribution in [0.1, 0.15) is 6.42 Å². The third-order valence-corrected chi connectivity index (χ3v) is 1.98. The van der Waals surface area contributed by atoms with Crippen LogP contribution in [0.4, 0.5) is 5.69 Å². The summed E-state index contributed by atoms with van der Waals surface area (Å²) in [5.41, 5.74) is 0.463. The first kappa shape index (κ1) is 12.6. The quantitative estimate of drug-likeness (QED) is 0.580. The standard InChI is InChI=1S/C10H10N2O5/c13-9(6-8(10(14)15)12(16)17)11-7-4-2-1-3-5-7/h1-5,8H,6H2,(H,11,13)(H,14,15). The monoisotopic (exact) mass is 238 g/mol. The molecular formula is C10H10N2O5. The summed E-state index contributed by atoms with van der Waals surface area (Å²) in [5, 5.41) is 21.3. The number of para-hydroxylation sites is 1. The van der Waals surface area contributed by atoms with Gasteiger partial charge in [0.25, 0.3) is 0 Å². The minimum Gasteiger partial charge on any atom is -0.476 e. The maximum absolute atomic E-state index is 11.4. The lowest BCUT2D eigenvalue weighted by molar-refractivity contribution is -0.508. The number of aliphatic carboxylic acids is 1. The molecule has 1 amide bonds. The minimum atomic E-state index is -1.92. The van der Waals surface area contributed by atoms with E-state index >= 15 is 0 Å². The fraction of sp³-hybridized carbons (Fsp3) is 0.200. The van der Waals surface area contributed by atoms with Gasteiger partial charge in [0, 0.05) is 10.6 Å². The smallest absolute Gasteiger partial charge is 0.379 e. The first-order valence-electron chi connectivity index (χ1n) is 4.72. The van der Waals surface area contributed by atoms with Gasteiger partial charge in [-0.15, -0.1) is 0 Å². The van der Waals surface area contributed by atoms with E-state index in [4.69, 9.17) is 5.11 Å². The molecule has 7 heteroatoms. The molecular weight excluding hydrogens is 228 g/mol. The van der Waals surface area contributed by atoms with Crippen LogP contribution in [-0.2, 0) is 9.59 Å². The van der Waals surface area contributed by atoms with Gasteiger partial charge < -0.3 is 10.4 Å². The average Bonchev–Trinajstić information content (AvgIpc) is 2.26. The van der Waals surface area contributed by atoms with Crippen LogP contribution >= 0.6 is 0 Å². The minimum absolute atomic E-state index is 0.463. The molecule has 0 fully saturated rings. The van der Waals surface area contributed by atoms with Gasteiger partial charge in [-0.2, -0.15) is 0 Å². The van der Waals surface area contributed by atoms with Crippen molar-refractivity contribution >= 4 is 17.6 Å². The van der Waals surface area contributed by atoms with Gasteiger partial charge in [0.2, 0.25) is 5.91 Å². The number of carboxylic acid groups (broad SMARTS) is 1. The lowest BCUT2D eigenvalue weighted by atomic mass is 10.2. The van der Waals surface area contributed by atoms with Crippen molar-refractivity contribution in [3.8, 4) is 0 Å². The predicted molar refractivity (Wildman–Crippen MR) is 58.1 cm³/mol. The number of benzene rings is 1. The summed E-state index contributed by atoms with van der Waals surface area (Å²) in [4.78, 5) is 31.2. The lowest BCUT2D eigenvalue weighted by Crippen LogP contribution is -2.33. The molecule has 2 N–H and O–H groups in total. The predicted octanol–water partition coefficient (Wildman–Crippen LogP) is 0.745. The summed E-state index contributed by atoms with van der Waals surface area (Å²) in [5.74, 6) is -2.33. The fourth-order valence-electron chi connectivity index (χ4n) is 1.16. The number of hydrogen-bond donors (Lipinski definition) is 2. The largest absolute Gasteiger partial charge is 0.476 e. The summed E-state index contributed by atoms with van der Waals surface area (Å²) < 4.78 is 0. The second-order valence-electron chi connectivity index (χ2n) is 3.26. The molecule has 0 aliphatic rings. The van der Waals surface area contributed by atoms with Crippen molar-refractivity contribution in [1.29, 1.82) is 0 Å². The van der Waals surface area contributed by atoms with Gasteiger partial charge in [-0.25, -0.2) is 4.79 Å². The summed E-state index contributed by atoms with van der Waals surface area (Å²) in [7, 11) is 0. The highest BCUT2D eigenvalue weighted by molar-refractivity contribution is 5.93. The number of nitrogens with one attached hydrogen (secondary N) is 1. The molecule has 0 aliphatic heterocycles. The molecule has 7 nitrogen and oxygen atoms in total. The number of hydrogen-bond acceptors (Lipinski definition) is 4. The van der Waals surface area contributed by atoms with Gasteiger partial charge in [-0.3, -0.25) is 14.9 Å². The topological polar surface area (TPSA) is 110 Å². The highest BCUT2D eigenvalue weighted by atomic mass is 16.6. The molecule has 0 saturated carbocycles. The number of amides is 1. The van der Waals surface area contributed by atoms with Crippen LogP contribution in [0.15, 0.2) is 30.3 Å². The number of nitro groups is 1. The Kier molecular flexibility index (Phi) is 4.15. The van der Waals surface area contributed by atoms with Gasteiger partial charge in [0.05, 0.1) is 0 Å². The highest BCUT2D eigenvalue weighted by Crippen LogP contribution is 2.07. The Morgan fingerprint density at radius 2 is 1.94 bits per heavy atom. The molecule has 17 heavy (non-hydrogen) atoms. The van der Waals surface area contributed by atoms with Crippen molar-refractivity contribution in [2.75, 3.05) is 5.32 Å². The maximum atomic E-state index is 11.4. The second kappa shape index (κ2) is 5.59. The third kappa shape index (κ3) is 3.90. The van der Waals surface area contributed by atoms with E-state index in [-0.39, 0.29) is 0 Å². The zero-order chi connectivity index (χ0) is 12.8. The summed E-state index contributed by atoms with van der Waals surface area (Å²) in [6.45, 7) is 0. The van der Waals surface area contributed by atoms with Crippen LogP contribution in [0.3, 0.4) is 0 Å². The van der Waals surface area contributed by atoms with E-state index in [1.54, 1.807) is 30.3 Å². The van der Waals surface area contributed by atoms with Crippen LogP contribution < -0.4 is 5.32 Å². The van der Waals surface area contributed by atoms with Gasteiger partial charge in [0.15, 0.2) is 0 Å². The fourth-order valence-corrected chi connectivity index (χ4v) is 1.16. The Hall–Kier alpha value is -2.44. The van der Waals surface area contributed by atoms with E-state index in [1.165, 1.54) is 0 Å². The molecule has 1 rings (SSSR count). The number of anilines is 1. The SMILES string of the molecule is O=C(CC(C(=O)O)[N+](=O)[O-])Nc1ccccc1. The molecule has 1 aromatic carbocycles. The van der Waals surface area contributed by atoms with E-state index < -0.39 is 29.3 Å².